The number of imide groups is 1. The summed E-state index contributed by atoms with van der Waals surface area (Å²) in [6, 6.07) is -0.538. The maximum absolute atomic E-state index is 14.9. The molecule has 3 aliphatic carbocycles. The highest BCUT2D eigenvalue weighted by molar-refractivity contribution is 5.86. The second kappa shape index (κ2) is 25.7. The normalized spacial score (nSPS) is 27.3. The van der Waals surface area contributed by atoms with Gasteiger partial charge in [-0.05, 0) is 103 Å². The van der Waals surface area contributed by atoms with Crippen molar-refractivity contribution in [2.75, 3.05) is 99.4 Å². The average Bonchev–Trinajstić information content (AvgIpc) is 3.30. The van der Waals surface area contributed by atoms with Gasteiger partial charge >= 0.3 is 12.1 Å². The van der Waals surface area contributed by atoms with E-state index in [1.165, 1.54) is 11.3 Å². The van der Waals surface area contributed by atoms with Crippen molar-refractivity contribution in [2.24, 2.45) is 43.4 Å². The van der Waals surface area contributed by atoms with Crippen LogP contribution in [0.4, 0.5) is 9.59 Å². The number of aliphatic imine (C=N–C) groups is 1. The second-order valence-electron chi connectivity index (χ2n) is 22.6. The first kappa shape index (κ1) is 55.3. The molecule has 0 saturated heterocycles. The van der Waals surface area contributed by atoms with Crippen molar-refractivity contribution in [1.82, 2.24) is 20.4 Å². The van der Waals surface area contributed by atoms with Crippen LogP contribution in [0.3, 0.4) is 0 Å². The van der Waals surface area contributed by atoms with E-state index < -0.39 is 17.5 Å². The summed E-state index contributed by atoms with van der Waals surface area (Å²) in [6.07, 6.45) is 11.8. The van der Waals surface area contributed by atoms with Gasteiger partial charge < -0.3 is 39.1 Å². The Labute approximate surface area is 385 Å². The highest BCUT2D eigenvalue weighted by atomic mass is 16.6. The van der Waals surface area contributed by atoms with Gasteiger partial charge in [-0.1, -0.05) is 75.3 Å². The average molecular weight is 906 g/mol. The fourth-order valence-electron chi connectivity index (χ4n) is 11.7. The summed E-state index contributed by atoms with van der Waals surface area (Å²) < 4.78 is 32.3. The summed E-state index contributed by atoms with van der Waals surface area (Å²) in [6.45, 7) is 30.4. The molecule has 0 aromatic carbocycles. The predicted molar refractivity (Wildman–Crippen MR) is 248 cm³/mol. The molecule has 5 unspecified atom stereocenters. The van der Waals surface area contributed by atoms with Gasteiger partial charge in [0.1, 0.15) is 12.4 Å². The van der Waals surface area contributed by atoms with Gasteiger partial charge in [-0.3, -0.25) is 14.6 Å². The van der Waals surface area contributed by atoms with Gasteiger partial charge in [-0.25, -0.2) is 19.4 Å². The fourth-order valence-corrected chi connectivity index (χ4v) is 11.7. The summed E-state index contributed by atoms with van der Waals surface area (Å²) in [4.78, 5) is 59.0. The van der Waals surface area contributed by atoms with Crippen molar-refractivity contribution >= 4 is 24.6 Å². The highest BCUT2D eigenvalue weighted by Crippen LogP contribution is 2.50. The zero-order valence-corrected chi connectivity index (χ0v) is 41.5. The third kappa shape index (κ3) is 20.2. The van der Waals surface area contributed by atoms with E-state index in [2.05, 4.69) is 84.5 Å². The smallest absolute Gasteiger partial charge is 0.407 e. The Balaban J connectivity index is 1.60. The van der Waals surface area contributed by atoms with E-state index in [1.54, 1.807) is 18.1 Å². The molecule has 64 heavy (non-hydrogen) atoms. The van der Waals surface area contributed by atoms with E-state index in [0.717, 1.165) is 51.4 Å². The van der Waals surface area contributed by atoms with E-state index in [4.69, 9.17) is 28.4 Å². The first-order valence-corrected chi connectivity index (χ1v) is 23.8. The van der Waals surface area contributed by atoms with Crippen LogP contribution < -0.4 is 10.6 Å². The number of amides is 4. The van der Waals surface area contributed by atoms with Crippen molar-refractivity contribution in [2.45, 2.75) is 139 Å². The third-order valence-corrected chi connectivity index (χ3v) is 13.4. The largest absolute Gasteiger partial charge is 0.447 e. The Kier molecular flexibility index (Phi) is 22.2. The van der Waals surface area contributed by atoms with Gasteiger partial charge in [0.15, 0.2) is 0 Å². The maximum atomic E-state index is 14.9. The Morgan fingerprint density at radius 2 is 1.28 bits per heavy atom. The summed E-state index contributed by atoms with van der Waals surface area (Å²) in [5, 5.41) is 6.66. The maximum Gasteiger partial charge on any atom is 0.407 e. The minimum atomic E-state index is -0.496. The number of nitrogens with one attached hydrogen (secondary N) is 2. The van der Waals surface area contributed by atoms with E-state index in [-0.39, 0.29) is 58.8 Å². The standard InChI is InChI=1S/C49H87N5O10/c1-39(51-34-47(8)15-12-14-44(2,3)31-47)54(36-49(10)28-40(30-50-37-55)27-45(4,5)33-49)43(58)53(38-56)35-48(9)16-13-41(29-46(6,7)32-48)52-42(57)64-26-25-63-24-23-62-22-21-61-20-19-60-18-17-59-11/h38,40-41,51H,1,12-36H2,2-11H3,(H,52,57). The van der Waals surface area contributed by atoms with Crippen molar-refractivity contribution < 1.29 is 47.6 Å². The van der Waals surface area contributed by atoms with Crippen LogP contribution in [0.1, 0.15) is 133 Å². The number of carbonyl (C=O) groups excluding carboxylic acids is 4. The van der Waals surface area contributed by atoms with Crippen LogP contribution in [0.2, 0.25) is 0 Å². The van der Waals surface area contributed by atoms with Gasteiger partial charge in [-0.2, -0.15) is 0 Å². The van der Waals surface area contributed by atoms with Crippen molar-refractivity contribution in [3.63, 3.8) is 0 Å². The molecule has 0 aromatic rings. The molecule has 0 spiro atoms. The summed E-state index contributed by atoms with van der Waals surface area (Å²) in [7, 11) is 1.63. The Bertz CT molecular complexity index is 1520. The Morgan fingerprint density at radius 3 is 1.86 bits per heavy atom. The van der Waals surface area contributed by atoms with Gasteiger partial charge in [0.2, 0.25) is 12.5 Å². The number of carbonyl (C=O) groups is 3. The van der Waals surface area contributed by atoms with Crippen LogP contribution in [0.5, 0.6) is 0 Å². The molecule has 2 N–H and O–H groups in total. The molecule has 3 rings (SSSR count). The van der Waals surface area contributed by atoms with Crippen LogP contribution in [0.25, 0.3) is 0 Å². The lowest BCUT2D eigenvalue weighted by Gasteiger charge is -2.49. The second-order valence-corrected chi connectivity index (χ2v) is 22.6. The summed E-state index contributed by atoms with van der Waals surface area (Å²) in [5.74, 6) is 0.669. The molecule has 5 atom stereocenters. The molecule has 3 fully saturated rings. The SMILES string of the molecule is C=C(NCC1(C)CCCC(C)(C)C1)N(CC1(C)CC(CN=C=O)CC(C)(C)C1)C(=O)N(C=O)CC1(C)CCC(NC(=O)OCCOCCOCCOCCOCCOC)CC(C)(C)C1. The molecule has 3 aliphatic rings. The molecule has 0 aliphatic heterocycles. The lowest BCUT2D eigenvalue weighted by Crippen LogP contribution is -2.53. The predicted octanol–water partition coefficient (Wildman–Crippen LogP) is 8.12. The molecule has 368 valence electrons. The minimum absolute atomic E-state index is 0.0372. The molecule has 0 heterocycles. The number of rotatable bonds is 27. The quantitative estimate of drug-likeness (QED) is 0.0269. The zero-order chi connectivity index (χ0) is 47.5. The van der Waals surface area contributed by atoms with Crippen molar-refractivity contribution in [3.05, 3.63) is 12.4 Å². The van der Waals surface area contributed by atoms with E-state index >= 15 is 0 Å². The number of isocyanates is 1. The van der Waals surface area contributed by atoms with Crippen LogP contribution >= 0.6 is 0 Å². The zero-order valence-electron chi connectivity index (χ0n) is 41.5. The summed E-state index contributed by atoms with van der Waals surface area (Å²) >= 11 is 0. The lowest BCUT2D eigenvalue weighted by molar-refractivity contribution is -0.117. The molecular weight excluding hydrogens is 819 g/mol. The first-order valence-electron chi connectivity index (χ1n) is 23.8. The van der Waals surface area contributed by atoms with Gasteiger partial charge in [0.05, 0.1) is 66.0 Å². The first-order chi connectivity index (χ1) is 30.1. The van der Waals surface area contributed by atoms with E-state index in [9.17, 15) is 19.2 Å². The molecule has 15 heteroatoms. The summed E-state index contributed by atoms with van der Waals surface area (Å²) in [5.41, 5.74) is -0.717. The Morgan fingerprint density at radius 1 is 0.719 bits per heavy atom. The van der Waals surface area contributed by atoms with E-state index in [0.29, 0.717) is 97.6 Å². The van der Waals surface area contributed by atoms with Gasteiger partial charge in [0.25, 0.3) is 0 Å². The molecule has 4 amide bonds. The molecule has 15 nitrogen and oxygen atoms in total. The number of hydrogen-bond donors (Lipinski definition) is 2. The monoisotopic (exact) mass is 906 g/mol. The molecule has 0 radical (unpaired) electrons. The van der Waals surface area contributed by atoms with Gasteiger partial charge in [0, 0.05) is 32.8 Å². The minimum Gasteiger partial charge on any atom is -0.447 e. The number of ether oxygens (including phenoxy) is 6. The Hall–Kier alpha value is -3.07. The third-order valence-electron chi connectivity index (χ3n) is 13.4. The number of methoxy groups -OCH3 is 1. The topological polar surface area (TPSA) is 167 Å². The fraction of sp³-hybridized carbons (Fsp3) is 0.878. The number of hydrogen-bond acceptors (Lipinski definition) is 12. The molecular formula is C49H87N5O10. The van der Waals surface area contributed by atoms with Crippen LogP contribution in [0.15, 0.2) is 17.4 Å². The molecule has 0 aromatic heterocycles. The van der Waals surface area contributed by atoms with Crippen LogP contribution in [0, 0.1) is 38.4 Å². The molecule has 3 saturated carbocycles. The number of urea groups is 1. The number of alkyl carbamates (subject to hydrolysis) is 1. The van der Waals surface area contributed by atoms with E-state index in [1.807, 2.05) is 0 Å². The van der Waals surface area contributed by atoms with Crippen LogP contribution in [-0.4, -0.2) is 140 Å². The van der Waals surface area contributed by atoms with Crippen LogP contribution in [-0.2, 0) is 38.0 Å². The molecule has 0 bridgehead atoms. The van der Waals surface area contributed by atoms with Crippen molar-refractivity contribution in [3.8, 4) is 0 Å². The highest BCUT2D eigenvalue weighted by Gasteiger charge is 2.46. The number of nitrogens with zero attached hydrogens (tertiary/aromatic N) is 3. The lowest BCUT2D eigenvalue weighted by atomic mass is 9.60. The van der Waals surface area contributed by atoms with Crippen molar-refractivity contribution in [1.29, 1.82) is 0 Å². The van der Waals surface area contributed by atoms with Gasteiger partial charge in [-0.15, -0.1) is 0 Å².